The van der Waals surface area contributed by atoms with E-state index in [1.54, 1.807) is 0 Å². The third-order valence-corrected chi connectivity index (χ3v) is 1.57. The van der Waals surface area contributed by atoms with Crippen molar-refractivity contribution in [2.24, 2.45) is 0 Å². The van der Waals surface area contributed by atoms with Crippen molar-refractivity contribution in [2.75, 3.05) is 13.2 Å². The van der Waals surface area contributed by atoms with Crippen LogP contribution in [0.15, 0.2) is 0 Å². The summed E-state index contributed by atoms with van der Waals surface area (Å²) in [5.74, 6) is -1.53. The van der Waals surface area contributed by atoms with Gasteiger partial charge >= 0.3 is 12.1 Å². The van der Waals surface area contributed by atoms with Gasteiger partial charge in [0.25, 0.3) is 5.60 Å². The fourth-order valence-corrected chi connectivity index (χ4v) is 0.779. The molecule has 13 heavy (non-hydrogen) atoms. The molecule has 3 nitrogen and oxygen atoms in total. The molecule has 0 aromatic carbocycles. The molecule has 7 heteroatoms. The van der Waals surface area contributed by atoms with Crippen LogP contribution in [0.3, 0.4) is 0 Å². The van der Waals surface area contributed by atoms with Crippen molar-refractivity contribution in [3.8, 4) is 0 Å². The van der Waals surface area contributed by atoms with Crippen LogP contribution in [-0.4, -0.2) is 30.9 Å². The van der Waals surface area contributed by atoms with Gasteiger partial charge in [-0.1, -0.05) is 11.6 Å². The molecule has 0 amide bonds. The summed E-state index contributed by atoms with van der Waals surface area (Å²) in [5.41, 5.74) is -3.00. The predicted octanol–water partition coefficient (Wildman–Crippen LogP) is 1.69. The predicted molar refractivity (Wildman–Crippen MR) is 38.3 cm³/mol. The Labute approximate surface area is 77.8 Å². The minimum Gasteiger partial charge on any atom is -0.467 e. The van der Waals surface area contributed by atoms with Gasteiger partial charge in [-0.15, -0.1) is 0 Å². The molecule has 0 saturated heterocycles. The van der Waals surface area contributed by atoms with E-state index in [2.05, 4.69) is 9.47 Å². The maximum Gasteiger partial charge on any atom is 0.428 e. The molecular weight excluding hydrogens is 213 g/mol. The van der Waals surface area contributed by atoms with Crippen LogP contribution in [0, 0.1) is 0 Å². The second-order valence-electron chi connectivity index (χ2n) is 2.28. The van der Waals surface area contributed by atoms with E-state index in [1.165, 1.54) is 0 Å². The summed E-state index contributed by atoms with van der Waals surface area (Å²) in [5, 5.41) is 0. The highest BCUT2D eigenvalue weighted by Crippen LogP contribution is 2.34. The van der Waals surface area contributed by atoms with Gasteiger partial charge in [0.15, 0.2) is 0 Å². The average Bonchev–Trinajstić information content (AvgIpc) is 2.01. The minimum absolute atomic E-state index is 0.557. The molecule has 1 atom stereocenters. The first-order valence-corrected chi connectivity index (χ1v) is 3.68. The smallest absolute Gasteiger partial charge is 0.428 e. The van der Waals surface area contributed by atoms with Crippen LogP contribution in [0.25, 0.3) is 0 Å². The highest BCUT2D eigenvalue weighted by Gasteiger charge is 2.59. The van der Waals surface area contributed by atoms with E-state index in [0.29, 0.717) is 6.92 Å². The van der Waals surface area contributed by atoms with E-state index in [9.17, 15) is 18.0 Å². The second kappa shape index (κ2) is 4.15. The van der Waals surface area contributed by atoms with Crippen molar-refractivity contribution >= 4 is 17.6 Å². The number of carbonyl (C=O) groups excluding carboxylic acids is 1. The SMILES string of the molecule is COC(=O)C(C)(OCCl)C(F)(F)F. The van der Waals surface area contributed by atoms with Crippen molar-refractivity contribution < 1.29 is 27.4 Å². The standard InChI is InChI=1S/C6H8ClF3O3/c1-5(13-3-7,4(11)12-2)6(8,9)10/h3H2,1-2H3. The molecule has 0 aliphatic rings. The highest BCUT2D eigenvalue weighted by atomic mass is 35.5. The summed E-state index contributed by atoms with van der Waals surface area (Å²) in [6, 6.07) is -0.745. The Kier molecular flexibility index (Phi) is 3.99. The van der Waals surface area contributed by atoms with Crippen LogP contribution in [0.1, 0.15) is 6.92 Å². The number of methoxy groups -OCH3 is 1. The molecule has 0 rings (SSSR count). The summed E-state index contributed by atoms with van der Waals surface area (Å²) in [6.07, 6.45) is -4.85. The van der Waals surface area contributed by atoms with Crippen molar-refractivity contribution in [1.82, 2.24) is 0 Å². The Morgan fingerprint density at radius 3 is 2.15 bits per heavy atom. The van der Waals surface area contributed by atoms with Gasteiger partial charge in [0.1, 0.15) is 6.07 Å². The molecule has 0 bridgehead atoms. The highest BCUT2D eigenvalue weighted by molar-refractivity contribution is 6.17. The molecule has 0 radical (unpaired) electrons. The first kappa shape index (κ1) is 12.5. The second-order valence-corrected chi connectivity index (χ2v) is 2.49. The lowest BCUT2D eigenvalue weighted by atomic mass is 10.1. The Balaban J connectivity index is 4.83. The molecule has 0 aliphatic heterocycles. The number of alkyl halides is 4. The maximum absolute atomic E-state index is 12.2. The van der Waals surface area contributed by atoms with Crippen LogP contribution in [0.4, 0.5) is 13.2 Å². The summed E-state index contributed by atoms with van der Waals surface area (Å²) in [7, 11) is 0.837. The lowest BCUT2D eigenvalue weighted by Crippen LogP contribution is -2.52. The molecule has 0 aliphatic carbocycles. The van der Waals surface area contributed by atoms with E-state index >= 15 is 0 Å². The largest absolute Gasteiger partial charge is 0.467 e. The van der Waals surface area contributed by atoms with Crippen molar-refractivity contribution in [3.05, 3.63) is 0 Å². The average molecular weight is 221 g/mol. The maximum atomic E-state index is 12.2. The fraction of sp³-hybridized carbons (Fsp3) is 0.833. The molecule has 78 valence electrons. The Morgan fingerprint density at radius 1 is 1.46 bits per heavy atom. The number of hydrogen-bond acceptors (Lipinski definition) is 3. The van der Waals surface area contributed by atoms with E-state index in [4.69, 9.17) is 11.6 Å². The number of carbonyl (C=O) groups is 1. The summed E-state index contributed by atoms with van der Waals surface area (Å²) < 4.78 is 44.8. The van der Waals surface area contributed by atoms with Gasteiger partial charge in [-0.05, 0) is 6.92 Å². The summed E-state index contributed by atoms with van der Waals surface area (Å²) >= 11 is 4.96. The number of ether oxygens (including phenoxy) is 2. The third kappa shape index (κ3) is 2.47. The monoisotopic (exact) mass is 220 g/mol. The molecule has 0 heterocycles. The molecule has 0 aromatic rings. The lowest BCUT2D eigenvalue weighted by Gasteiger charge is -2.27. The van der Waals surface area contributed by atoms with Gasteiger partial charge < -0.3 is 9.47 Å². The van der Waals surface area contributed by atoms with Gasteiger partial charge in [-0.25, -0.2) is 4.79 Å². The Morgan fingerprint density at radius 2 is 1.92 bits per heavy atom. The van der Waals surface area contributed by atoms with Crippen LogP contribution in [-0.2, 0) is 14.3 Å². The normalized spacial score (nSPS) is 16.5. The molecule has 1 unspecified atom stereocenters. The van der Waals surface area contributed by atoms with Crippen LogP contribution in [0.2, 0.25) is 0 Å². The first-order chi connectivity index (χ1) is 5.79. The quantitative estimate of drug-likeness (QED) is 0.536. The molecule has 0 aromatic heterocycles. The van der Waals surface area contributed by atoms with Gasteiger partial charge in [0, 0.05) is 0 Å². The molecule has 0 fully saturated rings. The molecular formula is C6H8ClF3O3. The van der Waals surface area contributed by atoms with Gasteiger partial charge in [0.05, 0.1) is 7.11 Å². The Hall–Kier alpha value is -0.490. The molecule has 0 saturated carbocycles. The van der Waals surface area contributed by atoms with Gasteiger partial charge in [-0.2, -0.15) is 13.2 Å². The van der Waals surface area contributed by atoms with Crippen LogP contribution in [0.5, 0.6) is 0 Å². The van der Waals surface area contributed by atoms with Crippen molar-refractivity contribution in [2.45, 2.75) is 18.7 Å². The minimum atomic E-state index is -4.85. The number of halogens is 4. The fourth-order valence-electron chi connectivity index (χ4n) is 0.560. The van der Waals surface area contributed by atoms with E-state index < -0.39 is 23.8 Å². The first-order valence-electron chi connectivity index (χ1n) is 3.14. The van der Waals surface area contributed by atoms with E-state index in [-0.39, 0.29) is 0 Å². The third-order valence-electron chi connectivity index (χ3n) is 1.46. The number of rotatable bonds is 3. The van der Waals surface area contributed by atoms with Crippen molar-refractivity contribution in [3.63, 3.8) is 0 Å². The number of esters is 1. The van der Waals surface area contributed by atoms with Crippen LogP contribution < -0.4 is 0 Å². The zero-order valence-electron chi connectivity index (χ0n) is 6.94. The topological polar surface area (TPSA) is 35.5 Å². The molecule has 0 spiro atoms. The molecule has 0 N–H and O–H groups in total. The Bertz CT molecular complexity index is 194. The summed E-state index contributed by atoms with van der Waals surface area (Å²) in [6.45, 7) is 0.557. The number of hydrogen-bond donors (Lipinski definition) is 0. The van der Waals surface area contributed by atoms with Crippen LogP contribution >= 0.6 is 11.6 Å². The zero-order valence-corrected chi connectivity index (χ0v) is 7.70. The van der Waals surface area contributed by atoms with Crippen molar-refractivity contribution in [1.29, 1.82) is 0 Å². The summed E-state index contributed by atoms with van der Waals surface area (Å²) in [4.78, 5) is 10.7. The van der Waals surface area contributed by atoms with Gasteiger partial charge in [0.2, 0.25) is 0 Å². The van der Waals surface area contributed by atoms with E-state index in [0.717, 1.165) is 7.11 Å². The zero-order chi connectivity index (χ0) is 10.7. The van der Waals surface area contributed by atoms with Gasteiger partial charge in [-0.3, -0.25) is 0 Å². The lowest BCUT2D eigenvalue weighted by molar-refractivity contribution is -0.265. The van der Waals surface area contributed by atoms with E-state index in [1.807, 2.05) is 0 Å².